The normalized spacial score (nSPS) is 16.2. The molecule has 0 bridgehead atoms. The van der Waals surface area contributed by atoms with Gasteiger partial charge in [0.2, 0.25) is 0 Å². The van der Waals surface area contributed by atoms with Crippen LogP contribution in [0.5, 0.6) is 0 Å². The summed E-state index contributed by atoms with van der Waals surface area (Å²) >= 11 is 0. The van der Waals surface area contributed by atoms with Crippen LogP contribution in [0.2, 0.25) is 30.2 Å². The molecule has 0 saturated carbocycles. The Kier molecular flexibility index (Phi) is 12.7. The summed E-state index contributed by atoms with van der Waals surface area (Å²) in [4.78, 5) is 0. The molecule has 0 radical (unpaired) electrons. The van der Waals surface area contributed by atoms with E-state index < -0.39 is 25.8 Å². The summed E-state index contributed by atoms with van der Waals surface area (Å²) in [5, 5.41) is 0.239. The fourth-order valence-corrected chi connectivity index (χ4v) is 10.2. The molecule has 0 aromatic rings. The van der Waals surface area contributed by atoms with Crippen molar-refractivity contribution in [3.63, 3.8) is 0 Å². The molecule has 0 aliphatic carbocycles. The molecule has 0 heterocycles. The second kappa shape index (κ2) is 12.6. The van der Waals surface area contributed by atoms with E-state index in [1.807, 2.05) is 0 Å². The predicted molar refractivity (Wildman–Crippen MR) is 130 cm³/mol. The van der Waals surface area contributed by atoms with E-state index in [2.05, 4.69) is 52.3 Å². The van der Waals surface area contributed by atoms with E-state index in [-0.39, 0.29) is 5.04 Å². The van der Waals surface area contributed by atoms with Crippen LogP contribution < -0.4 is 0 Å². The maximum Gasteiger partial charge on any atom is 0.500 e. The third-order valence-corrected chi connectivity index (χ3v) is 18.5. The molecular weight excluding hydrogens is 434 g/mol. The zero-order chi connectivity index (χ0) is 23.8. The van der Waals surface area contributed by atoms with Gasteiger partial charge in [0, 0.05) is 54.7 Å². The lowest BCUT2D eigenvalue weighted by Gasteiger charge is -2.48. The molecule has 0 amide bonds. The summed E-state index contributed by atoms with van der Waals surface area (Å²) in [5.74, 6) is 0.763. The maximum absolute atomic E-state index is 5.68. The van der Waals surface area contributed by atoms with Crippen LogP contribution in [0.1, 0.15) is 34.6 Å². The molecule has 0 saturated heterocycles. The van der Waals surface area contributed by atoms with E-state index in [0.29, 0.717) is 11.8 Å². The molecule has 10 heteroatoms. The highest BCUT2D eigenvalue weighted by atomic mass is 28.4. The summed E-state index contributed by atoms with van der Waals surface area (Å²) in [6.07, 6.45) is 0. The second-order valence-electron chi connectivity index (χ2n) is 9.92. The SMILES string of the molecule is CO[Si](CC(C)CN(CC(C)C[Si](OC)(OC)OC)[Si](C)(C)C(C)(C)C)(OC)OC. The van der Waals surface area contributed by atoms with E-state index >= 15 is 0 Å². The molecule has 0 aromatic heterocycles. The first-order chi connectivity index (χ1) is 13.7. The van der Waals surface area contributed by atoms with Gasteiger partial charge in [-0.3, -0.25) is 0 Å². The van der Waals surface area contributed by atoms with Crippen molar-refractivity contribution in [2.45, 2.75) is 64.8 Å². The number of hydrogen-bond acceptors (Lipinski definition) is 7. The van der Waals surface area contributed by atoms with Crippen molar-refractivity contribution in [1.29, 1.82) is 0 Å². The maximum atomic E-state index is 5.68. The predicted octanol–water partition coefficient (Wildman–Crippen LogP) is 4.32. The lowest BCUT2D eigenvalue weighted by Crippen LogP contribution is -2.58. The largest absolute Gasteiger partial charge is 0.500 e. The Hall–Kier alpha value is 0.371. The van der Waals surface area contributed by atoms with Crippen molar-refractivity contribution in [3.8, 4) is 0 Å². The second-order valence-corrected chi connectivity index (χ2v) is 21.2. The average molecular weight is 484 g/mol. The van der Waals surface area contributed by atoms with Crippen molar-refractivity contribution < 1.29 is 26.6 Å². The summed E-state index contributed by atoms with van der Waals surface area (Å²) in [6, 6.07) is 1.59. The Morgan fingerprint density at radius 3 is 1.10 bits per heavy atom. The third-order valence-electron chi connectivity index (χ3n) is 6.75. The monoisotopic (exact) mass is 483 g/mol. The van der Waals surface area contributed by atoms with Crippen LogP contribution in [0.25, 0.3) is 0 Å². The molecule has 2 atom stereocenters. The molecule has 30 heavy (non-hydrogen) atoms. The Balaban J connectivity index is 5.60. The van der Waals surface area contributed by atoms with Gasteiger partial charge in [0.1, 0.15) is 8.24 Å². The van der Waals surface area contributed by atoms with Crippen LogP contribution >= 0.6 is 0 Å². The molecule has 0 aliphatic heterocycles. The minimum absolute atomic E-state index is 0.239. The van der Waals surface area contributed by atoms with Crippen LogP contribution in [-0.2, 0) is 26.6 Å². The fraction of sp³-hybridized carbons (Fsp3) is 1.00. The fourth-order valence-electron chi connectivity index (χ4n) is 3.74. The first kappa shape index (κ1) is 30.4. The highest BCUT2D eigenvalue weighted by molar-refractivity contribution is 6.77. The van der Waals surface area contributed by atoms with Gasteiger partial charge in [-0.1, -0.05) is 47.7 Å². The lowest BCUT2D eigenvalue weighted by molar-refractivity contribution is 0.114. The topological polar surface area (TPSA) is 58.6 Å². The summed E-state index contributed by atoms with van der Waals surface area (Å²) < 4.78 is 36.8. The van der Waals surface area contributed by atoms with Gasteiger partial charge < -0.3 is 31.1 Å². The third kappa shape index (κ3) is 8.05. The van der Waals surface area contributed by atoms with Gasteiger partial charge in [-0.15, -0.1) is 0 Å². The summed E-state index contributed by atoms with van der Waals surface area (Å²) in [6.45, 7) is 18.5. The van der Waals surface area contributed by atoms with Gasteiger partial charge in [-0.05, 0) is 30.0 Å². The highest BCUT2D eigenvalue weighted by Gasteiger charge is 2.46. The van der Waals surface area contributed by atoms with Gasteiger partial charge in [0.05, 0.1) is 0 Å². The Morgan fingerprint density at radius 1 is 0.633 bits per heavy atom. The zero-order valence-corrected chi connectivity index (χ0v) is 24.9. The van der Waals surface area contributed by atoms with Crippen molar-refractivity contribution >= 4 is 25.8 Å². The smallest absolute Gasteiger partial charge is 0.377 e. The molecule has 182 valence electrons. The zero-order valence-electron chi connectivity index (χ0n) is 21.9. The van der Waals surface area contributed by atoms with E-state index in [1.54, 1.807) is 42.7 Å². The van der Waals surface area contributed by atoms with E-state index in [0.717, 1.165) is 25.2 Å². The van der Waals surface area contributed by atoms with Gasteiger partial charge in [-0.25, -0.2) is 0 Å². The van der Waals surface area contributed by atoms with E-state index in [4.69, 9.17) is 26.6 Å². The van der Waals surface area contributed by atoms with Crippen LogP contribution in [0, 0.1) is 11.8 Å². The van der Waals surface area contributed by atoms with Gasteiger partial charge in [-0.2, -0.15) is 0 Å². The number of nitrogens with zero attached hydrogens (tertiary/aromatic N) is 1. The van der Waals surface area contributed by atoms with E-state index in [9.17, 15) is 0 Å². The average Bonchev–Trinajstić information content (AvgIpc) is 2.69. The molecule has 0 spiro atoms. The first-order valence-electron chi connectivity index (χ1n) is 10.8. The Bertz CT molecular complexity index is 435. The summed E-state index contributed by atoms with van der Waals surface area (Å²) in [5.41, 5.74) is 0. The Labute approximate surface area is 189 Å². The molecule has 0 rings (SSSR count). The highest BCUT2D eigenvalue weighted by Crippen LogP contribution is 2.40. The summed E-state index contributed by atoms with van der Waals surface area (Å²) in [7, 11) is 3.13. The van der Waals surface area contributed by atoms with Gasteiger partial charge in [0.25, 0.3) is 0 Å². The minimum Gasteiger partial charge on any atom is -0.377 e. The van der Waals surface area contributed by atoms with Crippen molar-refractivity contribution in [3.05, 3.63) is 0 Å². The molecule has 7 nitrogen and oxygen atoms in total. The van der Waals surface area contributed by atoms with Crippen LogP contribution in [0.3, 0.4) is 0 Å². The molecular formula is C20H49NO6Si3. The number of hydrogen-bond donors (Lipinski definition) is 0. The molecule has 0 aliphatic rings. The minimum atomic E-state index is -2.61. The molecule has 0 N–H and O–H groups in total. The van der Waals surface area contributed by atoms with Crippen LogP contribution in [0.4, 0.5) is 0 Å². The van der Waals surface area contributed by atoms with Crippen molar-refractivity contribution in [2.75, 3.05) is 55.7 Å². The van der Waals surface area contributed by atoms with Crippen molar-refractivity contribution in [2.24, 2.45) is 11.8 Å². The van der Waals surface area contributed by atoms with Crippen LogP contribution in [0.15, 0.2) is 0 Å². The molecule has 0 aromatic carbocycles. The Morgan fingerprint density at radius 2 is 0.900 bits per heavy atom. The van der Waals surface area contributed by atoms with Gasteiger partial charge in [0.15, 0.2) is 0 Å². The van der Waals surface area contributed by atoms with Gasteiger partial charge >= 0.3 is 17.6 Å². The first-order valence-corrected chi connectivity index (χ1v) is 17.6. The standard InChI is InChI=1S/C20H49NO6Si3/c1-18(16-29(22-6,23-7)24-8)14-21(28(12,13)20(3,4)5)15-19(2)17-30(25-9,26-10)27-11/h18-19H,14-17H2,1-13H3. The van der Waals surface area contributed by atoms with Crippen molar-refractivity contribution in [1.82, 2.24) is 4.57 Å². The molecule has 0 fully saturated rings. The molecule has 2 unspecified atom stereocenters. The quantitative estimate of drug-likeness (QED) is 0.321. The van der Waals surface area contributed by atoms with E-state index in [1.165, 1.54) is 0 Å². The lowest BCUT2D eigenvalue weighted by atomic mass is 10.2. The van der Waals surface area contributed by atoms with Crippen LogP contribution in [-0.4, -0.2) is 86.2 Å². The number of rotatable bonds is 15.